The lowest BCUT2D eigenvalue weighted by atomic mass is 9.94. The molecule has 2 saturated heterocycles. The lowest BCUT2D eigenvalue weighted by molar-refractivity contribution is 0.228. The molecule has 20 heavy (non-hydrogen) atoms. The van der Waals surface area contributed by atoms with Crippen LogP contribution in [0.5, 0.6) is 5.75 Å². The third-order valence-electron chi connectivity index (χ3n) is 4.96. The van der Waals surface area contributed by atoms with Gasteiger partial charge in [-0.05, 0) is 49.4 Å². The van der Waals surface area contributed by atoms with Crippen molar-refractivity contribution < 1.29 is 4.74 Å². The quantitative estimate of drug-likeness (QED) is 0.913. The molecule has 0 radical (unpaired) electrons. The van der Waals surface area contributed by atoms with E-state index in [1.807, 2.05) is 0 Å². The van der Waals surface area contributed by atoms with Gasteiger partial charge in [0.1, 0.15) is 5.75 Å². The summed E-state index contributed by atoms with van der Waals surface area (Å²) in [5, 5.41) is 3.70. The van der Waals surface area contributed by atoms with Gasteiger partial charge in [0.2, 0.25) is 0 Å². The van der Waals surface area contributed by atoms with Crippen LogP contribution in [0.15, 0.2) is 24.3 Å². The highest BCUT2D eigenvalue weighted by molar-refractivity contribution is 5.29. The number of methoxy groups -OCH3 is 1. The molecule has 2 heterocycles. The van der Waals surface area contributed by atoms with Crippen LogP contribution in [0.1, 0.15) is 37.8 Å². The zero-order chi connectivity index (χ0) is 13.9. The molecular formula is C17H26N2O. The number of hydrogen-bond acceptors (Lipinski definition) is 3. The minimum atomic E-state index is 0.549. The maximum Gasteiger partial charge on any atom is 0.118 e. The van der Waals surface area contributed by atoms with Crippen LogP contribution in [-0.4, -0.2) is 37.7 Å². The second kappa shape index (κ2) is 6.15. The summed E-state index contributed by atoms with van der Waals surface area (Å²) in [5.41, 5.74) is 1.42. The molecular weight excluding hydrogens is 248 g/mol. The predicted molar refractivity (Wildman–Crippen MR) is 82.1 cm³/mol. The Morgan fingerprint density at radius 2 is 2.10 bits per heavy atom. The summed E-state index contributed by atoms with van der Waals surface area (Å²) in [5.74, 6) is 1.80. The third-order valence-corrected chi connectivity index (χ3v) is 4.96. The van der Waals surface area contributed by atoms with Crippen LogP contribution in [0.3, 0.4) is 0 Å². The Balaban J connectivity index is 1.72. The smallest absolute Gasteiger partial charge is 0.118 e. The number of benzene rings is 1. The summed E-state index contributed by atoms with van der Waals surface area (Å²) < 4.78 is 5.26. The zero-order valence-electron chi connectivity index (χ0n) is 12.6. The zero-order valence-corrected chi connectivity index (χ0v) is 12.6. The molecule has 3 heteroatoms. The van der Waals surface area contributed by atoms with Gasteiger partial charge >= 0.3 is 0 Å². The number of nitrogens with zero attached hydrogens (tertiary/aromatic N) is 1. The van der Waals surface area contributed by atoms with Crippen molar-refractivity contribution in [2.75, 3.05) is 26.7 Å². The molecule has 3 nitrogen and oxygen atoms in total. The Hall–Kier alpha value is -1.06. The molecule has 3 rings (SSSR count). The molecule has 110 valence electrons. The minimum absolute atomic E-state index is 0.549. The van der Waals surface area contributed by atoms with Crippen LogP contribution in [0, 0.1) is 5.92 Å². The molecule has 1 aromatic carbocycles. The maximum absolute atomic E-state index is 5.26. The van der Waals surface area contributed by atoms with Crippen LogP contribution < -0.4 is 10.1 Å². The molecule has 1 aromatic rings. The van der Waals surface area contributed by atoms with E-state index in [1.54, 1.807) is 7.11 Å². The summed E-state index contributed by atoms with van der Waals surface area (Å²) in [6.45, 7) is 5.95. The van der Waals surface area contributed by atoms with Crippen molar-refractivity contribution >= 4 is 0 Å². The van der Waals surface area contributed by atoms with E-state index < -0.39 is 0 Å². The second-order valence-corrected chi connectivity index (χ2v) is 6.11. The normalized spacial score (nSPS) is 28.1. The summed E-state index contributed by atoms with van der Waals surface area (Å²) >= 11 is 0. The molecule has 0 aliphatic carbocycles. The minimum Gasteiger partial charge on any atom is -0.497 e. The number of nitrogens with one attached hydrogen (secondary N) is 1. The Bertz CT molecular complexity index is 417. The van der Waals surface area contributed by atoms with Gasteiger partial charge in [-0.2, -0.15) is 0 Å². The molecule has 3 atom stereocenters. The van der Waals surface area contributed by atoms with Crippen molar-refractivity contribution in [1.82, 2.24) is 10.2 Å². The van der Waals surface area contributed by atoms with Crippen molar-refractivity contribution in [3.05, 3.63) is 29.8 Å². The monoisotopic (exact) mass is 274 g/mol. The van der Waals surface area contributed by atoms with E-state index in [9.17, 15) is 0 Å². The van der Waals surface area contributed by atoms with E-state index in [2.05, 4.69) is 41.4 Å². The van der Waals surface area contributed by atoms with Crippen LogP contribution in [0.4, 0.5) is 0 Å². The predicted octanol–water partition coefficient (Wildman–Crippen LogP) is 2.83. The molecule has 0 aromatic heterocycles. The van der Waals surface area contributed by atoms with Crippen molar-refractivity contribution in [2.45, 2.75) is 38.3 Å². The average Bonchev–Trinajstić information content (AvgIpc) is 2.92. The molecule has 2 fully saturated rings. The molecule has 0 saturated carbocycles. The maximum atomic E-state index is 5.26. The molecule has 0 spiro atoms. The van der Waals surface area contributed by atoms with Gasteiger partial charge in [0, 0.05) is 25.2 Å². The van der Waals surface area contributed by atoms with Gasteiger partial charge in [0.05, 0.1) is 7.11 Å². The fourth-order valence-electron chi connectivity index (χ4n) is 3.87. The van der Waals surface area contributed by atoms with Crippen LogP contribution >= 0.6 is 0 Å². The van der Waals surface area contributed by atoms with Crippen LogP contribution in [0.2, 0.25) is 0 Å². The Labute approximate surface area is 122 Å². The molecule has 1 N–H and O–H groups in total. The average molecular weight is 274 g/mol. The fraction of sp³-hybridized carbons (Fsp3) is 0.647. The molecule has 3 unspecified atom stereocenters. The first-order valence-corrected chi connectivity index (χ1v) is 7.93. The number of fused-ring (bicyclic) bond motifs is 1. The van der Waals surface area contributed by atoms with Gasteiger partial charge in [0.15, 0.2) is 0 Å². The number of rotatable bonds is 4. The van der Waals surface area contributed by atoms with E-state index in [-0.39, 0.29) is 0 Å². The number of piperidine rings is 1. The summed E-state index contributed by atoms with van der Waals surface area (Å²) in [6.07, 6.45) is 3.91. The Morgan fingerprint density at radius 1 is 1.30 bits per heavy atom. The van der Waals surface area contributed by atoms with Gasteiger partial charge in [0.25, 0.3) is 0 Å². The summed E-state index contributed by atoms with van der Waals surface area (Å²) in [4.78, 5) is 2.68. The van der Waals surface area contributed by atoms with Crippen molar-refractivity contribution in [2.24, 2.45) is 5.92 Å². The lowest BCUT2D eigenvalue weighted by Gasteiger charge is -2.27. The van der Waals surface area contributed by atoms with Gasteiger partial charge in [-0.25, -0.2) is 0 Å². The van der Waals surface area contributed by atoms with E-state index >= 15 is 0 Å². The van der Waals surface area contributed by atoms with E-state index in [0.717, 1.165) is 17.7 Å². The van der Waals surface area contributed by atoms with Crippen LogP contribution in [-0.2, 0) is 0 Å². The van der Waals surface area contributed by atoms with E-state index in [1.165, 1.54) is 44.5 Å². The van der Waals surface area contributed by atoms with E-state index in [4.69, 9.17) is 4.74 Å². The first kappa shape index (κ1) is 13.9. The summed E-state index contributed by atoms with van der Waals surface area (Å²) in [6, 6.07) is 9.88. The molecule has 0 bridgehead atoms. The van der Waals surface area contributed by atoms with Crippen molar-refractivity contribution in [3.8, 4) is 5.75 Å². The topological polar surface area (TPSA) is 24.5 Å². The van der Waals surface area contributed by atoms with Gasteiger partial charge in [-0.1, -0.05) is 19.1 Å². The highest BCUT2D eigenvalue weighted by atomic mass is 16.5. The first-order chi connectivity index (χ1) is 9.81. The summed E-state index contributed by atoms with van der Waals surface area (Å²) in [7, 11) is 1.73. The number of ether oxygens (including phenoxy) is 1. The van der Waals surface area contributed by atoms with Crippen LogP contribution in [0.25, 0.3) is 0 Å². The lowest BCUT2D eigenvalue weighted by Crippen LogP contribution is -2.40. The highest BCUT2D eigenvalue weighted by Gasteiger charge is 2.36. The van der Waals surface area contributed by atoms with Gasteiger partial charge in [-0.15, -0.1) is 0 Å². The fourth-order valence-corrected chi connectivity index (χ4v) is 3.87. The van der Waals surface area contributed by atoms with Crippen molar-refractivity contribution in [3.63, 3.8) is 0 Å². The largest absolute Gasteiger partial charge is 0.497 e. The molecule has 2 aliphatic heterocycles. The van der Waals surface area contributed by atoms with Gasteiger partial charge in [-0.3, -0.25) is 4.90 Å². The number of hydrogen-bond donors (Lipinski definition) is 1. The highest BCUT2D eigenvalue weighted by Crippen LogP contribution is 2.33. The SMILES string of the molecule is CCC(c1ccc(OC)cc1)N1CC2CCCNC2C1. The number of likely N-dealkylation sites (tertiary alicyclic amines) is 1. The Kier molecular flexibility index (Phi) is 4.27. The first-order valence-electron chi connectivity index (χ1n) is 7.93. The Morgan fingerprint density at radius 3 is 2.75 bits per heavy atom. The second-order valence-electron chi connectivity index (χ2n) is 6.11. The van der Waals surface area contributed by atoms with Crippen molar-refractivity contribution in [1.29, 1.82) is 0 Å². The third kappa shape index (κ3) is 2.70. The standard InChI is InChI=1S/C17H26N2O/c1-3-17(13-6-8-15(20-2)9-7-13)19-11-14-5-4-10-18-16(14)12-19/h6-9,14,16-18H,3-5,10-12H2,1-2H3. The molecule has 2 aliphatic rings. The van der Waals surface area contributed by atoms with Gasteiger partial charge < -0.3 is 10.1 Å². The molecule has 0 amide bonds. The van der Waals surface area contributed by atoms with E-state index in [0.29, 0.717) is 6.04 Å².